The SMILES string of the molecule is O=C(O)c1n[nH]c2ccc(-c3nccs3)cc12. The summed E-state index contributed by atoms with van der Waals surface area (Å²) in [6, 6.07) is 5.50. The van der Waals surface area contributed by atoms with Gasteiger partial charge in [-0.05, 0) is 18.2 Å². The largest absolute Gasteiger partial charge is 0.476 e. The summed E-state index contributed by atoms with van der Waals surface area (Å²) < 4.78 is 0. The van der Waals surface area contributed by atoms with Crippen molar-refractivity contribution >= 4 is 28.2 Å². The number of hydrogen-bond donors (Lipinski definition) is 2. The predicted octanol–water partition coefficient (Wildman–Crippen LogP) is 2.38. The highest BCUT2D eigenvalue weighted by Gasteiger charge is 2.13. The van der Waals surface area contributed by atoms with Gasteiger partial charge < -0.3 is 5.11 Å². The summed E-state index contributed by atoms with van der Waals surface area (Å²) >= 11 is 1.51. The first-order chi connectivity index (χ1) is 8.25. The van der Waals surface area contributed by atoms with Gasteiger partial charge in [0, 0.05) is 22.5 Å². The van der Waals surface area contributed by atoms with Crippen LogP contribution in [0.3, 0.4) is 0 Å². The maximum atomic E-state index is 11.0. The van der Waals surface area contributed by atoms with Gasteiger partial charge >= 0.3 is 5.97 Å². The van der Waals surface area contributed by atoms with Crippen LogP contribution in [-0.4, -0.2) is 26.3 Å². The second kappa shape index (κ2) is 3.67. The molecule has 6 heteroatoms. The molecule has 3 rings (SSSR count). The summed E-state index contributed by atoms with van der Waals surface area (Å²) in [6.07, 6.45) is 1.72. The van der Waals surface area contributed by atoms with E-state index in [1.165, 1.54) is 11.3 Å². The lowest BCUT2D eigenvalue weighted by Crippen LogP contribution is -1.96. The number of aromatic carboxylic acids is 1. The minimum absolute atomic E-state index is 0.0402. The average Bonchev–Trinajstić information content (AvgIpc) is 2.97. The number of nitrogens with one attached hydrogen (secondary N) is 1. The van der Waals surface area contributed by atoms with E-state index in [1.807, 2.05) is 17.5 Å². The Balaban J connectivity index is 2.24. The quantitative estimate of drug-likeness (QED) is 0.726. The Bertz CT molecular complexity index is 688. The molecule has 3 aromatic rings. The molecule has 0 spiro atoms. The Kier molecular flexibility index (Phi) is 2.15. The fourth-order valence-electron chi connectivity index (χ4n) is 1.68. The maximum absolute atomic E-state index is 11.0. The summed E-state index contributed by atoms with van der Waals surface area (Å²) in [5.41, 5.74) is 1.65. The Labute approximate surface area is 99.7 Å². The van der Waals surface area contributed by atoms with Crippen LogP contribution in [0.5, 0.6) is 0 Å². The third-order valence-corrected chi connectivity index (χ3v) is 3.27. The number of fused-ring (bicyclic) bond motifs is 1. The molecule has 0 aliphatic heterocycles. The smallest absolute Gasteiger partial charge is 0.357 e. The van der Waals surface area contributed by atoms with Crippen molar-refractivity contribution in [1.82, 2.24) is 15.2 Å². The highest BCUT2D eigenvalue weighted by atomic mass is 32.1. The van der Waals surface area contributed by atoms with E-state index < -0.39 is 5.97 Å². The van der Waals surface area contributed by atoms with Crippen LogP contribution in [0.4, 0.5) is 0 Å². The number of carboxylic acids is 1. The number of aromatic amines is 1. The second-order valence-corrected chi connectivity index (χ2v) is 4.37. The van der Waals surface area contributed by atoms with Crippen LogP contribution in [0.25, 0.3) is 21.5 Å². The van der Waals surface area contributed by atoms with Gasteiger partial charge in [-0.3, -0.25) is 5.10 Å². The Morgan fingerprint density at radius 3 is 3.00 bits per heavy atom. The van der Waals surface area contributed by atoms with E-state index in [9.17, 15) is 4.79 Å². The molecule has 2 N–H and O–H groups in total. The van der Waals surface area contributed by atoms with Crippen LogP contribution in [0.1, 0.15) is 10.5 Å². The molecule has 17 heavy (non-hydrogen) atoms. The predicted molar refractivity (Wildman–Crippen MR) is 64.2 cm³/mol. The highest BCUT2D eigenvalue weighted by molar-refractivity contribution is 7.13. The van der Waals surface area contributed by atoms with Crippen molar-refractivity contribution in [3.63, 3.8) is 0 Å². The van der Waals surface area contributed by atoms with E-state index in [0.717, 1.165) is 10.6 Å². The van der Waals surface area contributed by atoms with Crippen LogP contribution in [0.15, 0.2) is 29.8 Å². The summed E-state index contributed by atoms with van der Waals surface area (Å²) in [5, 5.41) is 18.8. The summed E-state index contributed by atoms with van der Waals surface area (Å²) in [7, 11) is 0. The minimum atomic E-state index is -1.03. The van der Waals surface area contributed by atoms with Crippen molar-refractivity contribution in [2.45, 2.75) is 0 Å². The topological polar surface area (TPSA) is 78.9 Å². The Hall–Kier alpha value is -2.21. The highest BCUT2D eigenvalue weighted by Crippen LogP contribution is 2.26. The van der Waals surface area contributed by atoms with Gasteiger partial charge in [-0.2, -0.15) is 5.10 Å². The Morgan fingerprint density at radius 1 is 1.41 bits per heavy atom. The maximum Gasteiger partial charge on any atom is 0.357 e. The van der Waals surface area contributed by atoms with E-state index in [0.29, 0.717) is 10.9 Å². The number of benzene rings is 1. The number of H-pyrrole nitrogens is 1. The van der Waals surface area contributed by atoms with E-state index in [-0.39, 0.29) is 5.69 Å². The molecule has 0 amide bonds. The average molecular weight is 245 g/mol. The van der Waals surface area contributed by atoms with Crippen molar-refractivity contribution in [2.24, 2.45) is 0 Å². The molecule has 0 saturated carbocycles. The fraction of sp³-hybridized carbons (Fsp3) is 0. The van der Waals surface area contributed by atoms with Crippen LogP contribution in [0.2, 0.25) is 0 Å². The molecule has 0 aliphatic rings. The number of carbonyl (C=O) groups is 1. The fourth-order valence-corrected chi connectivity index (χ4v) is 2.31. The molecule has 0 saturated heterocycles. The zero-order chi connectivity index (χ0) is 11.8. The van der Waals surface area contributed by atoms with Crippen LogP contribution in [-0.2, 0) is 0 Å². The number of carboxylic acid groups (broad SMARTS) is 1. The summed E-state index contributed by atoms with van der Waals surface area (Å²) in [6.45, 7) is 0. The van der Waals surface area contributed by atoms with Gasteiger partial charge in [0.15, 0.2) is 5.69 Å². The van der Waals surface area contributed by atoms with Gasteiger partial charge in [-0.15, -0.1) is 11.3 Å². The van der Waals surface area contributed by atoms with Crippen molar-refractivity contribution in [3.8, 4) is 10.6 Å². The van der Waals surface area contributed by atoms with Gasteiger partial charge in [-0.1, -0.05) is 0 Å². The third-order valence-electron chi connectivity index (χ3n) is 2.44. The van der Waals surface area contributed by atoms with Crippen molar-refractivity contribution in [2.75, 3.05) is 0 Å². The van der Waals surface area contributed by atoms with E-state index in [4.69, 9.17) is 5.11 Å². The normalized spacial score (nSPS) is 10.8. The molecule has 0 unspecified atom stereocenters. The van der Waals surface area contributed by atoms with Gasteiger partial charge in [0.05, 0.1) is 5.52 Å². The number of thiazole rings is 1. The third kappa shape index (κ3) is 1.58. The molecule has 2 heterocycles. The zero-order valence-electron chi connectivity index (χ0n) is 8.54. The number of nitrogens with zero attached hydrogens (tertiary/aromatic N) is 2. The first-order valence-corrected chi connectivity index (χ1v) is 5.75. The molecule has 0 bridgehead atoms. The van der Waals surface area contributed by atoms with Gasteiger partial charge in [0.25, 0.3) is 0 Å². The lowest BCUT2D eigenvalue weighted by molar-refractivity contribution is 0.0692. The molecule has 0 atom stereocenters. The zero-order valence-corrected chi connectivity index (χ0v) is 9.36. The molecule has 0 aliphatic carbocycles. The molecule has 0 fully saturated rings. The van der Waals surface area contributed by atoms with Gasteiger partial charge in [0.2, 0.25) is 0 Å². The first-order valence-electron chi connectivity index (χ1n) is 4.87. The first kappa shape index (κ1) is 9.98. The molecule has 2 aromatic heterocycles. The van der Waals surface area contributed by atoms with Crippen molar-refractivity contribution in [3.05, 3.63) is 35.5 Å². The lowest BCUT2D eigenvalue weighted by Gasteiger charge is -1.96. The van der Waals surface area contributed by atoms with Crippen molar-refractivity contribution < 1.29 is 9.90 Å². The van der Waals surface area contributed by atoms with Gasteiger partial charge in [-0.25, -0.2) is 9.78 Å². The Morgan fingerprint density at radius 2 is 2.29 bits per heavy atom. The molecular formula is C11H7N3O2S. The molecule has 84 valence electrons. The number of rotatable bonds is 2. The van der Waals surface area contributed by atoms with E-state index in [1.54, 1.807) is 12.3 Å². The van der Waals surface area contributed by atoms with Crippen LogP contribution < -0.4 is 0 Å². The molecular weight excluding hydrogens is 238 g/mol. The molecule has 1 aromatic carbocycles. The molecule has 5 nitrogen and oxygen atoms in total. The summed E-state index contributed by atoms with van der Waals surface area (Å²) in [4.78, 5) is 15.2. The second-order valence-electron chi connectivity index (χ2n) is 3.47. The van der Waals surface area contributed by atoms with Crippen LogP contribution in [0, 0.1) is 0 Å². The van der Waals surface area contributed by atoms with Crippen molar-refractivity contribution in [1.29, 1.82) is 0 Å². The lowest BCUT2D eigenvalue weighted by atomic mass is 10.1. The summed E-state index contributed by atoms with van der Waals surface area (Å²) in [5.74, 6) is -1.03. The number of aromatic nitrogens is 3. The number of hydrogen-bond acceptors (Lipinski definition) is 4. The van der Waals surface area contributed by atoms with Gasteiger partial charge in [0.1, 0.15) is 5.01 Å². The van der Waals surface area contributed by atoms with E-state index >= 15 is 0 Å². The minimum Gasteiger partial charge on any atom is -0.476 e. The monoisotopic (exact) mass is 245 g/mol. The standard InChI is InChI=1S/C11H7N3O2S/c15-11(16)9-7-5-6(10-12-3-4-17-10)1-2-8(7)13-14-9/h1-5H,(H,13,14)(H,15,16). The van der Waals surface area contributed by atoms with Crippen LogP contribution >= 0.6 is 11.3 Å². The molecule has 0 radical (unpaired) electrons. The van der Waals surface area contributed by atoms with E-state index in [2.05, 4.69) is 15.2 Å².